The molecule has 1 rings (SSSR count). The monoisotopic (exact) mass is 327 g/mol. The van der Waals surface area contributed by atoms with E-state index in [0.29, 0.717) is 12.1 Å². The molecule has 0 aromatic heterocycles. The van der Waals surface area contributed by atoms with Crippen molar-refractivity contribution < 1.29 is 13.2 Å². The molecule has 0 spiro atoms. The molecule has 0 atom stereocenters. The van der Waals surface area contributed by atoms with Gasteiger partial charge in [-0.05, 0) is 58.9 Å². The second-order valence-electron chi connectivity index (χ2n) is 6.92. The Morgan fingerprint density at radius 3 is 2.00 bits per heavy atom. The van der Waals surface area contributed by atoms with Gasteiger partial charge in [-0.25, -0.2) is 13.1 Å². The topological polar surface area (TPSA) is 101 Å². The molecule has 7 heteroatoms. The maximum Gasteiger partial charge on any atom is 0.251 e. The van der Waals surface area contributed by atoms with Crippen molar-refractivity contribution in [2.24, 2.45) is 5.73 Å². The van der Waals surface area contributed by atoms with Crippen LogP contribution in [0.2, 0.25) is 0 Å². The molecule has 0 fully saturated rings. The van der Waals surface area contributed by atoms with Gasteiger partial charge in [-0.2, -0.15) is 0 Å². The number of hydrogen-bond acceptors (Lipinski definition) is 4. The highest BCUT2D eigenvalue weighted by Gasteiger charge is 2.23. The van der Waals surface area contributed by atoms with E-state index in [-0.39, 0.29) is 10.8 Å². The molecule has 0 saturated carbocycles. The first-order valence-electron chi connectivity index (χ1n) is 7.03. The van der Waals surface area contributed by atoms with Crippen LogP contribution in [0.5, 0.6) is 0 Å². The van der Waals surface area contributed by atoms with Crippen LogP contribution in [0.1, 0.15) is 45.0 Å². The molecule has 0 saturated heterocycles. The maximum atomic E-state index is 12.2. The highest BCUT2D eigenvalue weighted by atomic mass is 32.2. The molecule has 0 aliphatic carbocycles. The zero-order valence-electron chi connectivity index (χ0n) is 13.7. The summed E-state index contributed by atoms with van der Waals surface area (Å²) in [4.78, 5) is 12.2. The summed E-state index contributed by atoms with van der Waals surface area (Å²) in [7, 11) is -3.60. The average molecular weight is 327 g/mol. The lowest BCUT2D eigenvalue weighted by molar-refractivity contribution is 0.0915. The Labute approximate surface area is 132 Å². The summed E-state index contributed by atoms with van der Waals surface area (Å²) in [5.74, 6) is -0.289. The predicted octanol–water partition coefficient (Wildman–Crippen LogP) is 1.23. The van der Waals surface area contributed by atoms with Crippen LogP contribution >= 0.6 is 0 Å². The number of hydrogen-bond donors (Lipinski definition) is 3. The number of nitrogens with two attached hydrogens (primary N) is 1. The predicted molar refractivity (Wildman–Crippen MR) is 87.1 cm³/mol. The fourth-order valence-electron chi connectivity index (χ4n) is 1.68. The Bertz CT molecular complexity index is 629. The van der Waals surface area contributed by atoms with Crippen LogP contribution in [0.15, 0.2) is 29.2 Å². The Hall–Kier alpha value is -1.44. The molecule has 1 aromatic carbocycles. The van der Waals surface area contributed by atoms with Crippen molar-refractivity contribution in [1.82, 2.24) is 10.0 Å². The maximum absolute atomic E-state index is 12.2. The molecular weight excluding hydrogens is 302 g/mol. The Morgan fingerprint density at radius 1 is 1.09 bits per heavy atom. The first kappa shape index (κ1) is 18.6. The van der Waals surface area contributed by atoms with E-state index in [1.807, 2.05) is 13.8 Å². The first-order chi connectivity index (χ1) is 9.86. The lowest BCUT2D eigenvalue weighted by Gasteiger charge is -2.24. The fraction of sp³-hybridized carbons (Fsp3) is 0.533. The summed E-state index contributed by atoms with van der Waals surface area (Å²) >= 11 is 0. The van der Waals surface area contributed by atoms with Gasteiger partial charge in [0.25, 0.3) is 5.91 Å². The molecule has 124 valence electrons. The third-order valence-corrected chi connectivity index (χ3v) is 4.60. The zero-order valence-corrected chi connectivity index (χ0v) is 14.5. The standard InChI is InChI=1S/C15H25N3O3S/c1-14(2,3)18-22(20,21)12-8-6-11(7-9-12)13(19)17-15(4,5)10-16/h6-9,18H,10,16H2,1-5H3,(H,17,19). The lowest BCUT2D eigenvalue weighted by Crippen LogP contribution is -2.48. The van der Waals surface area contributed by atoms with Gasteiger partial charge in [-0.1, -0.05) is 0 Å². The van der Waals surface area contributed by atoms with E-state index in [1.165, 1.54) is 24.3 Å². The quantitative estimate of drug-likeness (QED) is 0.757. The first-order valence-corrected chi connectivity index (χ1v) is 8.51. The highest BCUT2D eigenvalue weighted by Crippen LogP contribution is 2.14. The van der Waals surface area contributed by atoms with E-state index in [1.54, 1.807) is 20.8 Å². The summed E-state index contributed by atoms with van der Waals surface area (Å²) in [6.45, 7) is 9.23. The smallest absolute Gasteiger partial charge is 0.251 e. The van der Waals surface area contributed by atoms with Crippen LogP contribution in [-0.4, -0.2) is 31.9 Å². The van der Waals surface area contributed by atoms with Crippen molar-refractivity contribution in [2.45, 2.75) is 50.6 Å². The van der Waals surface area contributed by atoms with Gasteiger partial charge in [0, 0.05) is 23.2 Å². The third-order valence-electron chi connectivity index (χ3n) is 2.83. The van der Waals surface area contributed by atoms with Crippen molar-refractivity contribution >= 4 is 15.9 Å². The van der Waals surface area contributed by atoms with Crippen molar-refractivity contribution in [1.29, 1.82) is 0 Å². The summed E-state index contributed by atoms with van der Waals surface area (Å²) in [6, 6.07) is 5.80. The fourth-order valence-corrected chi connectivity index (χ4v) is 3.10. The summed E-state index contributed by atoms with van der Waals surface area (Å²) in [6.07, 6.45) is 0. The molecule has 0 aliphatic rings. The van der Waals surface area contributed by atoms with E-state index < -0.39 is 21.1 Å². The van der Waals surface area contributed by atoms with Crippen LogP contribution in [-0.2, 0) is 10.0 Å². The molecule has 0 heterocycles. The summed E-state index contributed by atoms with van der Waals surface area (Å²) in [5, 5.41) is 2.79. The SMILES string of the molecule is CC(C)(C)NS(=O)(=O)c1ccc(C(=O)NC(C)(C)CN)cc1. The van der Waals surface area contributed by atoms with Crippen LogP contribution in [0.4, 0.5) is 0 Å². The molecule has 4 N–H and O–H groups in total. The van der Waals surface area contributed by atoms with Crippen molar-refractivity contribution in [2.75, 3.05) is 6.54 Å². The van der Waals surface area contributed by atoms with Gasteiger partial charge >= 0.3 is 0 Å². The number of rotatable bonds is 5. The second kappa shape index (κ2) is 6.36. The van der Waals surface area contributed by atoms with Gasteiger partial charge in [-0.15, -0.1) is 0 Å². The lowest BCUT2D eigenvalue weighted by atomic mass is 10.1. The minimum atomic E-state index is -3.60. The number of carbonyl (C=O) groups is 1. The van der Waals surface area contributed by atoms with Crippen LogP contribution in [0.3, 0.4) is 0 Å². The zero-order chi connectivity index (χ0) is 17.2. The molecular formula is C15H25N3O3S. The van der Waals surface area contributed by atoms with Gasteiger partial charge in [0.2, 0.25) is 10.0 Å². The van der Waals surface area contributed by atoms with Gasteiger partial charge < -0.3 is 11.1 Å². The van der Waals surface area contributed by atoms with E-state index >= 15 is 0 Å². The Balaban J connectivity index is 2.94. The van der Waals surface area contributed by atoms with Gasteiger partial charge in [0.1, 0.15) is 0 Å². The Kier molecular flexibility index (Phi) is 5.38. The van der Waals surface area contributed by atoms with E-state index in [2.05, 4.69) is 10.0 Å². The molecule has 0 bridgehead atoms. The number of carbonyl (C=O) groups excluding carboxylic acids is 1. The molecule has 1 amide bonds. The molecule has 0 radical (unpaired) electrons. The number of sulfonamides is 1. The molecule has 6 nitrogen and oxygen atoms in total. The number of nitrogens with one attached hydrogen (secondary N) is 2. The normalized spacial score (nSPS) is 13.0. The van der Waals surface area contributed by atoms with E-state index in [9.17, 15) is 13.2 Å². The molecule has 0 aliphatic heterocycles. The summed E-state index contributed by atoms with van der Waals surface area (Å²) in [5.41, 5.74) is 4.87. The number of amides is 1. The minimum absolute atomic E-state index is 0.122. The van der Waals surface area contributed by atoms with Crippen LogP contribution in [0.25, 0.3) is 0 Å². The van der Waals surface area contributed by atoms with Gasteiger partial charge in [0.15, 0.2) is 0 Å². The van der Waals surface area contributed by atoms with E-state index in [0.717, 1.165) is 0 Å². The van der Waals surface area contributed by atoms with E-state index in [4.69, 9.17) is 5.73 Å². The van der Waals surface area contributed by atoms with Crippen molar-refractivity contribution in [3.05, 3.63) is 29.8 Å². The third kappa shape index (κ3) is 5.40. The van der Waals surface area contributed by atoms with Crippen LogP contribution in [0, 0.1) is 0 Å². The van der Waals surface area contributed by atoms with Crippen molar-refractivity contribution in [3.8, 4) is 0 Å². The molecule has 1 aromatic rings. The van der Waals surface area contributed by atoms with Crippen molar-refractivity contribution in [3.63, 3.8) is 0 Å². The molecule has 22 heavy (non-hydrogen) atoms. The van der Waals surface area contributed by atoms with Gasteiger partial charge in [0.05, 0.1) is 4.90 Å². The number of benzene rings is 1. The average Bonchev–Trinajstić information content (AvgIpc) is 2.35. The largest absolute Gasteiger partial charge is 0.346 e. The Morgan fingerprint density at radius 2 is 1.59 bits per heavy atom. The molecule has 0 unspecified atom stereocenters. The van der Waals surface area contributed by atoms with Gasteiger partial charge in [-0.3, -0.25) is 4.79 Å². The minimum Gasteiger partial charge on any atom is -0.346 e. The highest BCUT2D eigenvalue weighted by molar-refractivity contribution is 7.89. The van der Waals surface area contributed by atoms with Crippen LogP contribution < -0.4 is 15.8 Å². The summed E-state index contributed by atoms with van der Waals surface area (Å²) < 4.78 is 26.9. The second-order valence-corrected chi connectivity index (χ2v) is 8.60.